The Labute approximate surface area is 108 Å². The fourth-order valence-corrected chi connectivity index (χ4v) is 2.72. The summed E-state index contributed by atoms with van der Waals surface area (Å²) in [6.45, 7) is 3.01. The van der Waals surface area contributed by atoms with Gasteiger partial charge in [0.1, 0.15) is 0 Å². The molecule has 2 aliphatic rings. The fraction of sp³-hybridized carbons (Fsp3) is 0.909. The maximum Gasteiger partial charge on any atom is 0.478 e. The number of hydrogen-bond acceptors (Lipinski definition) is 5. The summed E-state index contributed by atoms with van der Waals surface area (Å²) < 4.78 is 4.92. The first-order valence-electron chi connectivity index (χ1n) is 6.67. The van der Waals surface area contributed by atoms with Crippen LogP contribution in [0.3, 0.4) is 0 Å². The van der Waals surface area contributed by atoms with Gasteiger partial charge in [-0.15, -0.1) is 0 Å². The topological polar surface area (TPSA) is 73.8 Å². The molecule has 0 aromatic carbocycles. The molecule has 2 atom stereocenters. The van der Waals surface area contributed by atoms with Crippen LogP contribution in [0.2, 0.25) is 0 Å². The smallest absolute Gasteiger partial charge is 0.426 e. The number of rotatable bonds is 5. The lowest BCUT2D eigenvalue weighted by molar-refractivity contribution is -0.130. The molecule has 0 radical (unpaired) electrons. The van der Waals surface area contributed by atoms with Crippen LogP contribution in [0, 0.1) is 0 Å². The Balaban J connectivity index is 1.79. The van der Waals surface area contributed by atoms with Crippen LogP contribution in [0.4, 0.5) is 0 Å². The van der Waals surface area contributed by atoms with E-state index in [0.29, 0.717) is 19.1 Å². The monoisotopic (exact) mass is 255 g/mol. The van der Waals surface area contributed by atoms with E-state index in [2.05, 4.69) is 10.6 Å². The van der Waals surface area contributed by atoms with Crippen molar-refractivity contribution < 1.29 is 14.5 Å². The van der Waals surface area contributed by atoms with Crippen molar-refractivity contribution >= 4 is 13.0 Å². The summed E-state index contributed by atoms with van der Waals surface area (Å²) in [5, 5.41) is 16.2. The molecule has 7 heteroatoms. The summed E-state index contributed by atoms with van der Waals surface area (Å²) in [7, 11) is 0.596. The molecule has 3 N–H and O–H groups in total. The fourth-order valence-electron chi connectivity index (χ4n) is 2.72. The third kappa shape index (κ3) is 3.23. The minimum atomic E-state index is -0.871. The molecule has 0 saturated carbocycles. The normalized spacial score (nSPS) is 27.8. The van der Waals surface area contributed by atoms with Gasteiger partial charge in [0.2, 0.25) is 5.91 Å². The van der Waals surface area contributed by atoms with E-state index in [1.54, 1.807) is 4.90 Å². The lowest BCUT2D eigenvalue weighted by Gasteiger charge is -2.26. The number of likely N-dealkylation sites (tertiary alicyclic amines) is 1. The van der Waals surface area contributed by atoms with Crippen LogP contribution in [0.1, 0.15) is 19.3 Å². The van der Waals surface area contributed by atoms with E-state index in [1.165, 1.54) is 7.11 Å². The summed E-state index contributed by atoms with van der Waals surface area (Å²) in [5.41, 5.74) is 0. The van der Waals surface area contributed by atoms with Crippen LogP contribution < -0.4 is 10.6 Å². The summed E-state index contributed by atoms with van der Waals surface area (Å²) in [5.74, 6) is -0.133. The SMILES string of the molecule is COB(O)[C@@H]1CCCN1C(=O)CN[C@@H]1CCNC1. The molecule has 102 valence electrons. The molecule has 6 nitrogen and oxygen atoms in total. The standard InChI is InChI=1S/C11H22BN3O3/c1-18-12(17)10-3-2-6-15(10)11(16)8-14-9-4-5-13-7-9/h9-10,13-14,17H,2-8H2,1H3/t9-,10+/m1/s1. The molecule has 2 heterocycles. The molecule has 2 aliphatic heterocycles. The number of hydrogen-bond donors (Lipinski definition) is 3. The van der Waals surface area contributed by atoms with Gasteiger partial charge in [0.25, 0.3) is 0 Å². The molecule has 0 aromatic heterocycles. The first-order chi connectivity index (χ1) is 8.72. The van der Waals surface area contributed by atoms with Gasteiger partial charge in [0, 0.05) is 26.2 Å². The Morgan fingerprint density at radius 3 is 3.11 bits per heavy atom. The third-order valence-corrected chi connectivity index (χ3v) is 3.79. The van der Waals surface area contributed by atoms with Crippen molar-refractivity contribution in [3.8, 4) is 0 Å². The maximum atomic E-state index is 12.1. The number of nitrogens with one attached hydrogen (secondary N) is 2. The van der Waals surface area contributed by atoms with Crippen LogP contribution in [-0.2, 0) is 9.45 Å². The summed E-state index contributed by atoms with van der Waals surface area (Å²) >= 11 is 0. The van der Waals surface area contributed by atoms with Crippen LogP contribution in [0.5, 0.6) is 0 Å². The van der Waals surface area contributed by atoms with Crippen molar-refractivity contribution in [2.45, 2.75) is 31.2 Å². The Hall–Kier alpha value is -0.625. The van der Waals surface area contributed by atoms with Crippen molar-refractivity contribution in [2.75, 3.05) is 33.3 Å². The van der Waals surface area contributed by atoms with E-state index in [4.69, 9.17) is 4.65 Å². The van der Waals surface area contributed by atoms with Crippen molar-refractivity contribution in [3.63, 3.8) is 0 Å². The maximum absolute atomic E-state index is 12.1. The van der Waals surface area contributed by atoms with Gasteiger partial charge in [-0.1, -0.05) is 0 Å². The summed E-state index contributed by atoms with van der Waals surface area (Å²) in [6, 6.07) is 0.391. The zero-order valence-electron chi connectivity index (χ0n) is 10.9. The van der Waals surface area contributed by atoms with Gasteiger partial charge in [-0.2, -0.15) is 0 Å². The lowest BCUT2D eigenvalue weighted by atomic mass is 9.77. The van der Waals surface area contributed by atoms with Crippen molar-refractivity contribution in [1.82, 2.24) is 15.5 Å². The highest BCUT2D eigenvalue weighted by atomic mass is 16.5. The largest absolute Gasteiger partial charge is 0.478 e. The van der Waals surface area contributed by atoms with Crippen LogP contribution >= 0.6 is 0 Å². The second kappa shape index (κ2) is 6.52. The highest BCUT2D eigenvalue weighted by Crippen LogP contribution is 2.19. The zero-order valence-corrected chi connectivity index (χ0v) is 10.9. The Morgan fingerprint density at radius 2 is 2.44 bits per heavy atom. The number of amides is 1. The van der Waals surface area contributed by atoms with Gasteiger partial charge < -0.3 is 25.2 Å². The minimum Gasteiger partial charge on any atom is -0.426 e. The molecule has 2 rings (SSSR count). The van der Waals surface area contributed by atoms with Gasteiger partial charge in [-0.3, -0.25) is 4.79 Å². The first-order valence-corrected chi connectivity index (χ1v) is 6.67. The first kappa shape index (κ1) is 13.8. The van der Waals surface area contributed by atoms with E-state index in [1.807, 2.05) is 0 Å². The molecule has 0 unspecified atom stereocenters. The van der Waals surface area contributed by atoms with Crippen molar-refractivity contribution in [3.05, 3.63) is 0 Å². The van der Waals surface area contributed by atoms with Gasteiger partial charge in [0.05, 0.1) is 12.5 Å². The average molecular weight is 255 g/mol. The molecule has 2 fully saturated rings. The average Bonchev–Trinajstić information content (AvgIpc) is 3.05. The van der Waals surface area contributed by atoms with Gasteiger partial charge in [-0.05, 0) is 25.8 Å². The second-order valence-corrected chi connectivity index (χ2v) is 4.99. The lowest BCUT2D eigenvalue weighted by Crippen LogP contribution is -2.50. The van der Waals surface area contributed by atoms with Crippen molar-refractivity contribution in [1.29, 1.82) is 0 Å². The number of nitrogens with zero attached hydrogens (tertiary/aromatic N) is 1. The summed E-state index contributed by atoms with van der Waals surface area (Å²) in [4.78, 5) is 13.8. The molecule has 0 bridgehead atoms. The highest BCUT2D eigenvalue weighted by Gasteiger charge is 2.37. The number of carbonyl (C=O) groups excluding carboxylic acids is 1. The van der Waals surface area contributed by atoms with E-state index < -0.39 is 7.12 Å². The third-order valence-electron chi connectivity index (χ3n) is 3.79. The molecular formula is C11H22BN3O3. The van der Waals surface area contributed by atoms with Crippen molar-refractivity contribution in [2.24, 2.45) is 0 Å². The number of carbonyl (C=O) groups is 1. The van der Waals surface area contributed by atoms with E-state index in [-0.39, 0.29) is 11.8 Å². The highest BCUT2D eigenvalue weighted by molar-refractivity contribution is 6.45. The molecule has 0 aliphatic carbocycles. The van der Waals surface area contributed by atoms with E-state index >= 15 is 0 Å². The van der Waals surface area contributed by atoms with Gasteiger partial charge in [0.15, 0.2) is 0 Å². The van der Waals surface area contributed by atoms with E-state index in [0.717, 1.165) is 32.4 Å². The van der Waals surface area contributed by atoms with Gasteiger partial charge >= 0.3 is 7.12 Å². The molecule has 0 spiro atoms. The predicted octanol–water partition coefficient (Wildman–Crippen LogP) is -1.40. The molecule has 0 aromatic rings. The van der Waals surface area contributed by atoms with Crippen LogP contribution in [0.25, 0.3) is 0 Å². The summed E-state index contributed by atoms with van der Waals surface area (Å²) in [6.07, 6.45) is 2.81. The quantitative estimate of drug-likeness (QED) is 0.527. The second-order valence-electron chi connectivity index (χ2n) is 4.99. The minimum absolute atomic E-state index is 0.0560. The molecular weight excluding hydrogens is 233 g/mol. The van der Waals surface area contributed by atoms with Crippen LogP contribution in [0.15, 0.2) is 0 Å². The van der Waals surface area contributed by atoms with Gasteiger partial charge in [-0.25, -0.2) is 0 Å². The Kier molecular flexibility index (Phi) is 4.99. The zero-order chi connectivity index (χ0) is 13.0. The predicted molar refractivity (Wildman–Crippen MR) is 69.0 cm³/mol. The Morgan fingerprint density at radius 1 is 1.61 bits per heavy atom. The Bertz CT molecular complexity index is 287. The molecule has 2 saturated heterocycles. The molecule has 1 amide bonds. The van der Waals surface area contributed by atoms with Crippen LogP contribution in [-0.4, -0.2) is 68.2 Å². The van der Waals surface area contributed by atoms with E-state index in [9.17, 15) is 9.82 Å². The molecule has 18 heavy (non-hydrogen) atoms.